The van der Waals surface area contributed by atoms with Crippen LogP contribution in [0.5, 0.6) is 0 Å². The molecule has 0 bridgehead atoms. The molecular formula is C15H16N4O. The Morgan fingerprint density at radius 1 is 1.30 bits per heavy atom. The first-order valence-electron chi connectivity index (χ1n) is 6.70. The first-order chi connectivity index (χ1) is 9.84. The van der Waals surface area contributed by atoms with Crippen molar-refractivity contribution < 1.29 is 4.79 Å². The predicted octanol–water partition coefficient (Wildman–Crippen LogP) is 0.980. The molecule has 0 saturated heterocycles. The maximum absolute atomic E-state index is 12.3. The molecule has 1 aliphatic rings. The molecule has 5 nitrogen and oxygen atoms in total. The molecule has 1 unspecified atom stereocenters. The number of amides is 1. The SMILES string of the molecule is O=C(NCc1cccnn1)C1NCCc2ccccc21. The molecule has 0 radical (unpaired) electrons. The van der Waals surface area contributed by atoms with Crippen LogP contribution in [0.25, 0.3) is 0 Å². The maximum atomic E-state index is 12.3. The van der Waals surface area contributed by atoms with Crippen molar-refractivity contribution in [2.45, 2.75) is 19.0 Å². The molecule has 2 N–H and O–H groups in total. The van der Waals surface area contributed by atoms with Crippen LogP contribution < -0.4 is 10.6 Å². The molecule has 0 saturated carbocycles. The first-order valence-corrected chi connectivity index (χ1v) is 6.70. The standard InChI is InChI=1S/C15H16N4O/c20-15(17-10-12-5-3-8-18-19-12)14-13-6-2-1-4-11(13)7-9-16-14/h1-6,8,14,16H,7,9-10H2,(H,17,20). The summed E-state index contributed by atoms with van der Waals surface area (Å²) in [5.74, 6) is -0.0252. The van der Waals surface area contributed by atoms with E-state index < -0.39 is 0 Å². The summed E-state index contributed by atoms with van der Waals surface area (Å²) in [5.41, 5.74) is 3.06. The van der Waals surface area contributed by atoms with Crippen LogP contribution in [0, 0.1) is 0 Å². The Hall–Kier alpha value is -2.27. The largest absolute Gasteiger partial charge is 0.349 e. The zero-order chi connectivity index (χ0) is 13.8. The zero-order valence-electron chi connectivity index (χ0n) is 11.0. The first kappa shape index (κ1) is 12.7. The van der Waals surface area contributed by atoms with Gasteiger partial charge in [0.15, 0.2) is 0 Å². The number of benzene rings is 1. The number of rotatable bonds is 3. The van der Waals surface area contributed by atoms with E-state index in [0.717, 1.165) is 24.2 Å². The molecule has 0 spiro atoms. The van der Waals surface area contributed by atoms with E-state index in [1.54, 1.807) is 6.20 Å². The van der Waals surface area contributed by atoms with Crippen molar-refractivity contribution in [1.82, 2.24) is 20.8 Å². The van der Waals surface area contributed by atoms with Crippen molar-refractivity contribution in [3.8, 4) is 0 Å². The lowest BCUT2D eigenvalue weighted by Crippen LogP contribution is -2.41. The van der Waals surface area contributed by atoms with Crippen LogP contribution in [0.2, 0.25) is 0 Å². The monoisotopic (exact) mass is 268 g/mol. The Labute approximate surface area is 117 Å². The summed E-state index contributed by atoms with van der Waals surface area (Å²) in [6.45, 7) is 1.22. The number of nitrogens with one attached hydrogen (secondary N) is 2. The molecule has 20 heavy (non-hydrogen) atoms. The number of nitrogens with zero attached hydrogens (tertiary/aromatic N) is 2. The Bertz CT molecular complexity index is 600. The van der Waals surface area contributed by atoms with Gasteiger partial charge in [-0.2, -0.15) is 10.2 Å². The zero-order valence-corrected chi connectivity index (χ0v) is 11.0. The van der Waals surface area contributed by atoms with Crippen LogP contribution in [0.4, 0.5) is 0 Å². The Kier molecular flexibility index (Phi) is 3.69. The van der Waals surface area contributed by atoms with Crippen LogP contribution in [0.1, 0.15) is 22.9 Å². The second-order valence-electron chi connectivity index (χ2n) is 4.77. The third-order valence-electron chi connectivity index (χ3n) is 3.44. The molecule has 1 aromatic heterocycles. The fourth-order valence-corrected chi connectivity index (χ4v) is 2.45. The summed E-state index contributed by atoms with van der Waals surface area (Å²) in [7, 11) is 0. The van der Waals surface area contributed by atoms with Crippen LogP contribution in [0.3, 0.4) is 0 Å². The minimum atomic E-state index is -0.281. The van der Waals surface area contributed by atoms with Crippen molar-refractivity contribution in [3.05, 3.63) is 59.4 Å². The average molecular weight is 268 g/mol. The Morgan fingerprint density at radius 2 is 2.20 bits per heavy atom. The fourth-order valence-electron chi connectivity index (χ4n) is 2.45. The lowest BCUT2D eigenvalue weighted by Gasteiger charge is -2.25. The van der Waals surface area contributed by atoms with Crippen molar-refractivity contribution in [1.29, 1.82) is 0 Å². The number of hydrogen-bond donors (Lipinski definition) is 2. The van der Waals surface area contributed by atoms with Gasteiger partial charge in [0.2, 0.25) is 5.91 Å². The van der Waals surface area contributed by atoms with E-state index >= 15 is 0 Å². The predicted molar refractivity (Wildman–Crippen MR) is 74.8 cm³/mol. The van der Waals surface area contributed by atoms with Gasteiger partial charge in [-0.15, -0.1) is 0 Å². The molecule has 2 aromatic rings. The van der Waals surface area contributed by atoms with Crippen LogP contribution >= 0.6 is 0 Å². The smallest absolute Gasteiger partial charge is 0.242 e. The van der Waals surface area contributed by atoms with E-state index in [1.165, 1.54) is 5.56 Å². The van der Waals surface area contributed by atoms with Gasteiger partial charge < -0.3 is 10.6 Å². The number of hydrogen-bond acceptors (Lipinski definition) is 4. The highest BCUT2D eigenvalue weighted by molar-refractivity contribution is 5.83. The topological polar surface area (TPSA) is 66.9 Å². The lowest BCUT2D eigenvalue weighted by atomic mass is 9.94. The third-order valence-corrected chi connectivity index (χ3v) is 3.44. The van der Waals surface area contributed by atoms with Crippen molar-refractivity contribution in [3.63, 3.8) is 0 Å². The quantitative estimate of drug-likeness (QED) is 0.871. The summed E-state index contributed by atoms with van der Waals surface area (Å²) in [5, 5.41) is 13.9. The molecule has 2 heterocycles. The summed E-state index contributed by atoms with van der Waals surface area (Å²) in [6, 6.07) is 11.4. The third kappa shape index (κ3) is 2.67. The Balaban J connectivity index is 1.69. The van der Waals surface area contributed by atoms with E-state index in [-0.39, 0.29) is 11.9 Å². The van der Waals surface area contributed by atoms with Crippen LogP contribution in [-0.2, 0) is 17.8 Å². The van der Waals surface area contributed by atoms with Gasteiger partial charge >= 0.3 is 0 Å². The van der Waals surface area contributed by atoms with Gasteiger partial charge in [-0.25, -0.2) is 0 Å². The van der Waals surface area contributed by atoms with Gasteiger partial charge in [-0.05, 0) is 29.7 Å². The number of fused-ring (bicyclic) bond motifs is 1. The fraction of sp³-hybridized carbons (Fsp3) is 0.267. The van der Waals surface area contributed by atoms with E-state index in [4.69, 9.17) is 0 Å². The number of aromatic nitrogens is 2. The molecular weight excluding hydrogens is 252 g/mol. The molecule has 102 valence electrons. The van der Waals surface area contributed by atoms with Crippen molar-refractivity contribution >= 4 is 5.91 Å². The summed E-state index contributed by atoms with van der Waals surface area (Å²) < 4.78 is 0. The Morgan fingerprint density at radius 3 is 3.05 bits per heavy atom. The maximum Gasteiger partial charge on any atom is 0.242 e. The van der Waals surface area contributed by atoms with Crippen LogP contribution in [-0.4, -0.2) is 22.6 Å². The van der Waals surface area contributed by atoms with E-state index in [1.807, 2.05) is 30.3 Å². The van der Waals surface area contributed by atoms with E-state index in [9.17, 15) is 4.79 Å². The number of carbonyl (C=O) groups excluding carboxylic acids is 1. The molecule has 1 aliphatic heterocycles. The molecule has 5 heteroatoms. The van der Waals surface area contributed by atoms with Gasteiger partial charge in [-0.3, -0.25) is 4.79 Å². The summed E-state index contributed by atoms with van der Waals surface area (Å²) in [4.78, 5) is 12.3. The van der Waals surface area contributed by atoms with Gasteiger partial charge in [0, 0.05) is 12.7 Å². The molecule has 3 rings (SSSR count). The average Bonchev–Trinajstić information content (AvgIpc) is 2.53. The minimum absolute atomic E-state index is 0.0252. The highest BCUT2D eigenvalue weighted by Gasteiger charge is 2.25. The van der Waals surface area contributed by atoms with Gasteiger partial charge in [0.25, 0.3) is 0 Å². The van der Waals surface area contributed by atoms with E-state index in [0.29, 0.717) is 6.54 Å². The molecule has 1 aromatic carbocycles. The molecule has 1 amide bonds. The molecule has 0 fully saturated rings. The second kappa shape index (κ2) is 5.79. The van der Waals surface area contributed by atoms with Gasteiger partial charge in [0.1, 0.15) is 6.04 Å². The summed E-state index contributed by atoms with van der Waals surface area (Å²) in [6.07, 6.45) is 2.58. The van der Waals surface area contributed by atoms with Gasteiger partial charge in [0.05, 0.1) is 12.2 Å². The van der Waals surface area contributed by atoms with E-state index in [2.05, 4.69) is 26.9 Å². The summed E-state index contributed by atoms with van der Waals surface area (Å²) >= 11 is 0. The lowest BCUT2D eigenvalue weighted by molar-refractivity contribution is -0.123. The van der Waals surface area contributed by atoms with Gasteiger partial charge in [-0.1, -0.05) is 24.3 Å². The van der Waals surface area contributed by atoms with Crippen molar-refractivity contribution in [2.24, 2.45) is 0 Å². The van der Waals surface area contributed by atoms with Crippen LogP contribution in [0.15, 0.2) is 42.6 Å². The minimum Gasteiger partial charge on any atom is -0.349 e. The number of carbonyl (C=O) groups is 1. The normalized spacial score (nSPS) is 17.3. The highest BCUT2D eigenvalue weighted by Crippen LogP contribution is 2.22. The van der Waals surface area contributed by atoms with Crippen molar-refractivity contribution in [2.75, 3.05) is 6.54 Å². The molecule has 0 aliphatic carbocycles. The highest BCUT2D eigenvalue weighted by atomic mass is 16.2. The molecule has 1 atom stereocenters. The second-order valence-corrected chi connectivity index (χ2v) is 4.77.